The first-order valence-electron chi connectivity index (χ1n) is 8.21. The maximum absolute atomic E-state index is 11.9. The average Bonchev–Trinajstić information content (AvgIpc) is 2.65. The number of nitrogens with one attached hydrogen (secondary N) is 3. The van der Waals surface area contributed by atoms with E-state index in [1.165, 1.54) is 12.1 Å². The lowest BCUT2D eigenvalue weighted by atomic mass is 10.3. The van der Waals surface area contributed by atoms with Gasteiger partial charge in [0.05, 0.1) is 18.6 Å². The quantitative estimate of drug-likeness (QED) is 0.342. The molecule has 8 nitrogen and oxygen atoms in total. The normalized spacial score (nSPS) is 10.2. The molecule has 0 atom stereocenters. The van der Waals surface area contributed by atoms with E-state index < -0.39 is 4.92 Å². The van der Waals surface area contributed by atoms with Gasteiger partial charge in [0.2, 0.25) is 5.91 Å². The van der Waals surface area contributed by atoms with Crippen LogP contribution in [0.3, 0.4) is 0 Å². The molecule has 0 aromatic heterocycles. The number of non-ortho nitro benzene ring substituents is 1. The molecule has 0 fully saturated rings. The van der Waals surface area contributed by atoms with Crippen molar-refractivity contribution >= 4 is 23.0 Å². The zero-order valence-electron chi connectivity index (χ0n) is 14.5. The van der Waals surface area contributed by atoms with Gasteiger partial charge in [-0.1, -0.05) is 6.07 Å². The van der Waals surface area contributed by atoms with Crippen LogP contribution < -0.4 is 20.7 Å². The molecule has 1 amide bonds. The van der Waals surface area contributed by atoms with Crippen LogP contribution in [-0.2, 0) is 4.79 Å². The molecule has 26 heavy (non-hydrogen) atoms. The number of methoxy groups -OCH3 is 1. The lowest BCUT2D eigenvalue weighted by Gasteiger charge is -2.09. The molecule has 3 N–H and O–H groups in total. The second-order valence-corrected chi connectivity index (χ2v) is 5.54. The van der Waals surface area contributed by atoms with Crippen LogP contribution in [0.1, 0.15) is 6.42 Å². The number of benzene rings is 2. The van der Waals surface area contributed by atoms with Crippen molar-refractivity contribution in [3.63, 3.8) is 0 Å². The Hall–Kier alpha value is -3.13. The van der Waals surface area contributed by atoms with Gasteiger partial charge in [0.1, 0.15) is 5.75 Å². The summed E-state index contributed by atoms with van der Waals surface area (Å²) in [6, 6.07) is 13.4. The van der Waals surface area contributed by atoms with Crippen LogP contribution in [0.15, 0.2) is 48.5 Å². The van der Waals surface area contributed by atoms with Crippen molar-refractivity contribution in [2.24, 2.45) is 0 Å². The summed E-state index contributed by atoms with van der Waals surface area (Å²) in [6.45, 7) is 1.59. The highest BCUT2D eigenvalue weighted by Crippen LogP contribution is 2.16. The first-order valence-corrected chi connectivity index (χ1v) is 8.21. The molecule has 0 aliphatic heterocycles. The van der Waals surface area contributed by atoms with E-state index in [1.807, 2.05) is 12.1 Å². The zero-order valence-corrected chi connectivity index (χ0v) is 14.5. The topological polar surface area (TPSA) is 106 Å². The fourth-order valence-corrected chi connectivity index (χ4v) is 2.26. The highest BCUT2D eigenvalue weighted by Gasteiger charge is 2.04. The van der Waals surface area contributed by atoms with Crippen molar-refractivity contribution in [2.75, 3.05) is 37.4 Å². The number of hydrogen-bond acceptors (Lipinski definition) is 6. The molecule has 2 aromatic carbocycles. The van der Waals surface area contributed by atoms with Crippen LogP contribution in [0.4, 0.5) is 17.1 Å². The summed E-state index contributed by atoms with van der Waals surface area (Å²) in [5, 5.41) is 19.6. The van der Waals surface area contributed by atoms with Gasteiger partial charge in [-0.3, -0.25) is 14.9 Å². The van der Waals surface area contributed by atoms with Crippen molar-refractivity contribution < 1.29 is 14.5 Å². The Balaban J connectivity index is 1.59. The molecule has 2 aromatic rings. The molecule has 0 radical (unpaired) electrons. The Morgan fingerprint density at radius 1 is 1.12 bits per heavy atom. The Morgan fingerprint density at radius 2 is 1.88 bits per heavy atom. The van der Waals surface area contributed by atoms with Gasteiger partial charge in [-0.05, 0) is 37.2 Å². The van der Waals surface area contributed by atoms with Crippen molar-refractivity contribution in [1.82, 2.24) is 5.32 Å². The van der Waals surface area contributed by atoms with Crippen LogP contribution in [-0.4, -0.2) is 37.6 Å². The summed E-state index contributed by atoms with van der Waals surface area (Å²) < 4.78 is 5.11. The predicted molar refractivity (Wildman–Crippen MR) is 101 cm³/mol. The highest BCUT2D eigenvalue weighted by atomic mass is 16.6. The molecule has 0 saturated heterocycles. The third-order valence-corrected chi connectivity index (χ3v) is 3.58. The Labute approximate surface area is 151 Å². The number of amides is 1. The van der Waals surface area contributed by atoms with Crippen LogP contribution >= 0.6 is 0 Å². The number of rotatable bonds is 10. The second kappa shape index (κ2) is 10.00. The highest BCUT2D eigenvalue weighted by molar-refractivity contribution is 5.92. The fraction of sp³-hybridized carbons (Fsp3) is 0.278. The summed E-state index contributed by atoms with van der Waals surface area (Å²) >= 11 is 0. The molecule has 0 spiro atoms. The number of nitro benzene ring substituents is 1. The molecular formula is C18H22N4O4. The van der Waals surface area contributed by atoms with Gasteiger partial charge < -0.3 is 20.7 Å². The summed E-state index contributed by atoms with van der Waals surface area (Å²) in [5.41, 5.74) is 1.58. The van der Waals surface area contributed by atoms with Gasteiger partial charge in [0.25, 0.3) is 5.69 Å². The second-order valence-electron chi connectivity index (χ2n) is 5.54. The van der Waals surface area contributed by atoms with E-state index in [4.69, 9.17) is 4.74 Å². The van der Waals surface area contributed by atoms with E-state index in [2.05, 4.69) is 16.0 Å². The van der Waals surface area contributed by atoms with E-state index in [-0.39, 0.29) is 18.1 Å². The Kier molecular flexibility index (Phi) is 7.38. The zero-order chi connectivity index (χ0) is 18.8. The van der Waals surface area contributed by atoms with Gasteiger partial charge in [0.15, 0.2) is 0 Å². The van der Waals surface area contributed by atoms with Crippen molar-refractivity contribution in [3.05, 3.63) is 58.6 Å². The minimum absolute atomic E-state index is 0.0688. The lowest BCUT2D eigenvalue weighted by Crippen LogP contribution is -2.29. The lowest BCUT2D eigenvalue weighted by molar-refractivity contribution is -0.384. The molecule has 0 bridgehead atoms. The molecule has 8 heteroatoms. The molecule has 0 aliphatic rings. The number of nitro groups is 1. The van der Waals surface area contributed by atoms with Crippen molar-refractivity contribution in [1.29, 1.82) is 0 Å². The van der Waals surface area contributed by atoms with E-state index in [9.17, 15) is 14.9 Å². The van der Waals surface area contributed by atoms with Crippen LogP contribution in [0, 0.1) is 10.1 Å². The van der Waals surface area contributed by atoms with Crippen LogP contribution in [0.5, 0.6) is 5.75 Å². The Bertz CT molecular complexity index is 734. The van der Waals surface area contributed by atoms with Crippen molar-refractivity contribution in [2.45, 2.75) is 6.42 Å². The van der Waals surface area contributed by atoms with Gasteiger partial charge in [-0.2, -0.15) is 0 Å². The summed E-state index contributed by atoms with van der Waals surface area (Å²) in [7, 11) is 1.58. The molecule has 0 unspecified atom stereocenters. The van der Waals surface area contributed by atoms with Gasteiger partial charge in [0, 0.05) is 36.1 Å². The first kappa shape index (κ1) is 19.2. The molecule has 0 aliphatic carbocycles. The first-order chi connectivity index (χ1) is 12.6. The maximum Gasteiger partial charge on any atom is 0.269 e. The third kappa shape index (κ3) is 6.40. The third-order valence-electron chi connectivity index (χ3n) is 3.58. The maximum atomic E-state index is 11.9. The number of carbonyl (C=O) groups is 1. The van der Waals surface area contributed by atoms with E-state index in [1.54, 1.807) is 31.4 Å². The standard InChI is InChI=1S/C18H22N4O4/c1-26-17-5-2-4-15(12-17)21-18(23)13-19-10-3-11-20-14-6-8-16(9-7-14)22(24)25/h2,4-9,12,19-20H,3,10-11,13H2,1H3,(H,21,23). The molecule has 0 saturated carbocycles. The smallest absolute Gasteiger partial charge is 0.269 e. The number of carbonyl (C=O) groups excluding carboxylic acids is 1. The predicted octanol–water partition coefficient (Wildman–Crippen LogP) is 2.63. The summed E-state index contributed by atoms with van der Waals surface area (Å²) in [6.07, 6.45) is 0.809. The van der Waals surface area contributed by atoms with Gasteiger partial charge in [-0.25, -0.2) is 0 Å². The van der Waals surface area contributed by atoms with Crippen LogP contribution in [0.2, 0.25) is 0 Å². The number of nitrogens with zero attached hydrogens (tertiary/aromatic N) is 1. The van der Waals surface area contributed by atoms with Crippen molar-refractivity contribution in [3.8, 4) is 5.75 Å². The summed E-state index contributed by atoms with van der Waals surface area (Å²) in [4.78, 5) is 22.0. The number of hydrogen-bond donors (Lipinski definition) is 3. The van der Waals surface area contributed by atoms with Gasteiger partial charge in [-0.15, -0.1) is 0 Å². The number of anilines is 2. The minimum Gasteiger partial charge on any atom is -0.497 e. The van der Waals surface area contributed by atoms with Gasteiger partial charge >= 0.3 is 0 Å². The molecule has 2 rings (SSSR count). The molecular weight excluding hydrogens is 336 g/mol. The largest absolute Gasteiger partial charge is 0.497 e. The minimum atomic E-state index is -0.426. The average molecular weight is 358 g/mol. The molecule has 138 valence electrons. The Morgan fingerprint density at radius 3 is 2.58 bits per heavy atom. The number of ether oxygens (including phenoxy) is 1. The fourth-order valence-electron chi connectivity index (χ4n) is 2.26. The van der Waals surface area contributed by atoms with E-state index >= 15 is 0 Å². The molecule has 0 heterocycles. The summed E-state index contributed by atoms with van der Waals surface area (Å²) in [5.74, 6) is 0.564. The monoisotopic (exact) mass is 358 g/mol. The van der Waals surface area contributed by atoms with Crippen LogP contribution in [0.25, 0.3) is 0 Å². The van der Waals surface area contributed by atoms with E-state index in [0.717, 1.165) is 12.1 Å². The SMILES string of the molecule is COc1cccc(NC(=O)CNCCCNc2ccc([N+](=O)[O-])cc2)c1. The van der Waals surface area contributed by atoms with E-state index in [0.29, 0.717) is 24.5 Å².